The summed E-state index contributed by atoms with van der Waals surface area (Å²) in [6.07, 6.45) is -0.724. The second-order valence-electron chi connectivity index (χ2n) is 6.72. The minimum absolute atomic E-state index is 0. The quantitative estimate of drug-likeness (QED) is 0.303. The van der Waals surface area contributed by atoms with Crippen molar-refractivity contribution < 1.29 is 13.5 Å². The van der Waals surface area contributed by atoms with Gasteiger partial charge in [0.25, 0.3) is 6.43 Å². The summed E-state index contributed by atoms with van der Waals surface area (Å²) in [5.74, 6) is 1.45. The molecule has 1 aliphatic heterocycles. The number of ether oxygens (including phenoxy) is 1. The first-order valence-electron chi connectivity index (χ1n) is 9.43. The van der Waals surface area contributed by atoms with E-state index in [1.165, 1.54) is 0 Å². The summed E-state index contributed by atoms with van der Waals surface area (Å²) in [6.45, 7) is 6.42. The largest absolute Gasteiger partial charge is 0.489 e. The van der Waals surface area contributed by atoms with Gasteiger partial charge in [-0.15, -0.1) is 24.0 Å². The molecule has 0 spiro atoms. The zero-order valence-electron chi connectivity index (χ0n) is 16.3. The highest BCUT2D eigenvalue weighted by Crippen LogP contribution is 2.18. The second kappa shape index (κ2) is 13.4. The molecule has 1 aliphatic rings. The fraction of sp³-hybridized carbons (Fsp3) is 0.632. The molecule has 0 saturated carbocycles. The van der Waals surface area contributed by atoms with Crippen LogP contribution in [0, 0.1) is 0 Å². The van der Waals surface area contributed by atoms with Crippen LogP contribution in [0.25, 0.3) is 0 Å². The van der Waals surface area contributed by atoms with E-state index in [4.69, 9.17) is 16.3 Å². The Morgan fingerprint density at radius 2 is 2.07 bits per heavy atom. The van der Waals surface area contributed by atoms with Gasteiger partial charge in [0.15, 0.2) is 5.96 Å². The minimum atomic E-state index is -2.27. The van der Waals surface area contributed by atoms with Crippen LogP contribution in [0.4, 0.5) is 8.78 Å². The van der Waals surface area contributed by atoms with Crippen LogP contribution in [0.2, 0.25) is 5.02 Å². The van der Waals surface area contributed by atoms with Crippen LogP contribution in [0.1, 0.15) is 26.7 Å². The molecule has 2 rings (SSSR count). The molecule has 0 aromatic heterocycles. The second-order valence-corrected chi connectivity index (χ2v) is 7.15. The maximum absolute atomic E-state index is 12.5. The van der Waals surface area contributed by atoms with E-state index in [1.54, 1.807) is 12.1 Å². The Balaban J connectivity index is 0.00000392. The average molecular weight is 531 g/mol. The molecule has 160 valence electrons. The molecule has 0 amide bonds. The maximum Gasteiger partial charge on any atom is 0.251 e. The van der Waals surface area contributed by atoms with Gasteiger partial charge in [-0.25, -0.2) is 13.8 Å². The molecule has 1 atom stereocenters. The first-order chi connectivity index (χ1) is 13.0. The average Bonchev–Trinajstić information content (AvgIpc) is 2.61. The molecule has 0 radical (unpaired) electrons. The summed E-state index contributed by atoms with van der Waals surface area (Å²) in [5.41, 5.74) is 0. The number of hydrogen-bond acceptors (Lipinski definition) is 3. The molecule has 1 aromatic carbocycles. The number of aliphatic imine (C=N–C) groups is 1. The van der Waals surface area contributed by atoms with Gasteiger partial charge in [0, 0.05) is 30.7 Å². The highest BCUT2D eigenvalue weighted by Gasteiger charge is 2.22. The number of hydrogen-bond donors (Lipinski definition) is 2. The number of benzene rings is 1. The van der Waals surface area contributed by atoms with Crippen molar-refractivity contribution in [2.45, 2.75) is 45.3 Å². The molecular weight excluding hydrogens is 501 g/mol. The molecule has 1 unspecified atom stereocenters. The molecule has 1 heterocycles. The third kappa shape index (κ3) is 9.56. The van der Waals surface area contributed by atoms with E-state index in [9.17, 15) is 8.78 Å². The monoisotopic (exact) mass is 530 g/mol. The van der Waals surface area contributed by atoms with Gasteiger partial charge in [-0.3, -0.25) is 4.90 Å². The summed E-state index contributed by atoms with van der Waals surface area (Å²) >= 11 is 5.97. The van der Waals surface area contributed by atoms with Gasteiger partial charge < -0.3 is 15.4 Å². The van der Waals surface area contributed by atoms with Gasteiger partial charge in [0.05, 0.1) is 13.1 Å². The van der Waals surface area contributed by atoms with Gasteiger partial charge in [-0.2, -0.15) is 0 Å². The number of halogens is 4. The normalized spacial score (nSPS) is 17.1. The van der Waals surface area contributed by atoms with Gasteiger partial charge in [0.1, 0.15) is 11.9 Å². The molecule has 1 aromatic rings. The molecule has 1 saturated heterocycles. The lowest BCUT2D eigenvalue weighted by Crippen LogP contribution is -2.49. The fourth-order valence-electron chi connectivity index (χ4n) is 3.00. The van der Waals surface area contributed by atoms with E-state index in [1.807, 2.05) is 30.9 Å². The van der Waals surface area contributed by atoms with Crippen molar-refractivity contribution in [1.29, 1.82) is 0 Å². The number of rotatable bonds is 8. The van der Waals surface area contributed by atoms with Crippen LogP contribution >= 0.6 is 35.6 Å². The Morgan fingerprint density at radius 1 is 1.36 bits per heavy atom. The Hall–Kier alpha value is -0.870. The molecule has 0 aliphatic carbocycles. The van der Waals surface area contributed by atoms with Gasteiger partial charge in [0.2, 0.25) is 0 Å². The zero-order valence-corrected chi connectivity index (χ0v) is 19.4. The van der Waals surface area contributed by atoms with Crippen LogP contribution in [-0.4, -0.2) is 62.2 Å². The van der Waals surface area contributed by atoms with E-state index < -0.39 is 6.43 Å². The summed E-state index contributed by atoms with van der Waals surface area (Å²) in [7, 11) is 0. The lowest BCUT2D eigenvalue weighted by atomic mass is 10.1. The minimum Gasteiger partial charge on any atom is -0.489 e. The Labute approximate surface area is 188 Å². The SMILES string of the molecule is CCNC(=NCC(C)Oc1cccc(Cl)c1)NC1CCN(CC(F)F)CC1.I. The van der Waals surface area contributed by atoms with Crippen LogP contribution in [0.15, 0.2) is 29.3 Å². The maximum atomic E-state index is 12.5. The Kier molecular flexibility index (Phi) is 12.0. The van der Waals surface area contributed by atoms with E-state index in [0.717, 1.165) is 31.1 Å². The van der Waals surface area contributed by atoms with Crippen molar-refractivity contribution in [2.75, 3.05) is 32.7 Å². The van der Waals surface area contributed by atoms with Crippen molar-refractivity contribution in [3.8, 4) is 5.75 Å². The highest BCUT2D eigenvalue weighted by molar-refractivity contribution is 14.0. The summed E-state index contributed by atoms with van der Waals surface area (Å²) in [4.78, 5) is 6.41. The van der Waals surface area contributed by atoms with E-state index in [2.05, 4.69) is 15.6 Å². The number of nitrogens with zero attached hydrogens (tertiary/aromatic N) is 2. The molecule has 28 heavy (non-hydrogen) atoms. The summed E-state index contributed by atoms with van der Waals surface area (Å²) in [6, 6.07) is 7.53. The smallest absolute Gasteiger partial charge is 0.251 e. The zero-order chi connectivity index (χ0) is 19.6. The summed E-state index contributed by atoms with van der Waals surface area (Å²) in [5, 5.41) is 7.27. The van der Waals surface area contributed by atoms with Crippen molar-refractivity contribution in [3.05, 3.63) is 29.3 Å². The van der Waals surface area contributed by atoms with E-state index >= 15 is 0 Å². The van der Waals surface area contributed by atoms with Crippen LogP contribution in [0.3, 0.4) is 0 Å². The van der Waals surface area contributed by atoms with Gasteiger partial charge in [-0.05, 0) is 44.9 Å². The van der Waals surface area contributed by atoms with Crippen molar-refractivity contribution >= 4 is 41.5 Å². The molecular formula is C19H30ClF2IN4O. The molecule has 0 bridgehead atoms. The number of piperidine rings is 1. The third-order valence-electron chi connectivity index (χ3n) is 4.31. The highest BCUT2D eigenvalue weighted by atomic mass is 127. The van der Waals surface area contributed by atoms with Crippen molar-refractivity contribution in [2.24, 2.45) is 4.99 Å². The molecule has 2 N–H and O–H groups in total. The van der Waals surface area contributed by atoms with Gasteiger partial charge >= 0.3 is 0 Å². The molecule has 1 fully saturated rings. The van der Waals surface area contributed by atoms with Crippen LogP contribution in [0.5, 0.6) is 5.75 Å². The Bertz CT molecular complexity index is 601. The lowest BCUT2D eigenvalue weighted by molar-refractivity contribution is 0.0744. The molecule has 9 heteroatoms. The number of alkyl halides is 2. The molecule has 5 nitrogen and oxygen atoms in total. The standard InChI is InChI=1S/C19H29ClF2N4O.HI/c1-3-23-19(25-16-7-9-26(10-8-16)13-18(21)22)24-12-14(2)27-17-6-4-5-15(20)11-17;/h4-6,11,14,16,18H,3,7-10,12-13H2,1-2H3,(H2,23,24,25);1H. The summed E-state index contributed by atoms with van der Waals surface area (Å²) < 4.78 is 30.8. The first kappa shape index (κ1) is 25.2. The third-order valence-corrected chi connectivity index (χ3v) is 4.54. The van der Waals surface area contributed by atoms with Crippen molar-refractivity contribution in [1.82, 2.24) is 15.5 Å². The topological polar surface area (TPSA) is 48.9 Å². The van der Waals surface area contributed by atoms with E-state index in [-0.39, 0.29) is 42.7 Å². The number of nitrogens with one attached hydrogen (secondary N) is 2. The van der Waals surface area contributed by atoms with Crippen LogP contribution in [-0.2, 0) is 0 Å². The predicted octanol–water partition coefficient (Wildman–Crippen LogP) is 4.01. The number of guanidine groups is 1. The van der Waals surface area contributed by atoms with Crippen LogP contribution < -0.4 is 15.4 Å². The lowest BCUT2D eigenvalue weighted by Gasteiger charge is -2.32. The van der Waals surface area contributed by atoms with Gasteiger partial charge in [-0.1, -0.05) is 17.7 Å². The predicted molar refractivity (Wildman–Crippen MR) is 122 cm³/mol. The fourth-order valence-corrected chi connectivity index (χ4v) is 3.18. The van der Waals surface area contributed by atoms with E-state index in [0.29, 0.717) is 24.7 Å². The Morgan fingerprint density at radius 3 is 2.68 bits per heavy atom. The van der Waals surface area contributed by atoms with Crippen molar-refractivity contribution in [3.63, 3.8) is 0 Å². The first-order valence-corrected chi connectivity index (χ1v) is 9.81. The number of likely N-dealkylation sites (tertiary alicyclic amines) is 1.